The van der Waals surface area contributed by atoms with Crippen LogP contribution in [-0.2, 0) is 22.4 Å². The zero-order valence-electron chi connectivity index (χ0n) is 13.2. The van der Waals surface area contributed by atoms with E-state index in [-0.39, 0.29) is 12.0 Å². The molecule has 0 radical (unpaired) electrons. The maximum atomic E-state index is 11.7. The average Bonchev–Trinajstić information content (AvgIpc) is 3.25. The lowest BCUT2D eigenvalue weighted by atomic mass is 10.0. The predicted octanol–water partition coefficient (Wildman–Crippen LogP) is 3.26. The first kappa shape index (κ1) is 16.0. The maximum Gasteiger partial charge on any atom is 0.307 e. The molecule has 0 aromatic heterocycles. The lowest BCUT2D eigenvalue weighted by Crippen LogP contribution is -2.35. The highest BCUT2D eigenvalue weighted by atomic mass is 16.5. The molecule has 0 bridgehead atoms. The fourth-order valence-corrected chi connectivity index (χ4v) is 2.61. The number of rotatable bonds is 9. The Labute approximate surface area is 128 Å². The molecule has 1 N–H and O–H groups in total. The summed E-state index contributed by atoms with van der Waals surface area (Å²) in [5.74, 6) is -0.0988. The van der Waals surface area contributed by atoms with Crippen molar-refractivity contribution in [2.24, 2.45) is 0 Å². The standard InChI is InChI=1S/C18H27NO2/c1-3-5-14-6-8-15(9-7-14)12-17(19-16-10-11-16)13-18(20)21-4-2/h6-9,16-17,19H,3-5,10-13H2,1-2H3. The maximum absolute atomic E-state index is 11.7. The number of esters is 1. The molecular weight excluding hydrogens is 262 g/mol. The minimum atomic E-state index is -0.0988. The molecule has 3 nitrogen and oxygen atoms in total. The first-order chi connectivity index (χ1) is 10.2. The molecule has 1 aliphatic carbocycles. The highest BCUT2D eigenvalue weighted by molar-refractivity contribution is 5.70. The van der Waals surface area contributed by atoms with Gasteiger partial charge in [-0.25, -0.2) is 0 Å². The largest absolute Gasteiger partial charge is 0.466 e. The van der Waals surface area contributed by atoms with Crippen LogP contribution in [0.1, 0.15) is 50.7 Å². The van der Waals surface area contributed by atoms with Crippen molar-refractivity contribution in [2.45, 2.75) is 64.5 Å². The van der Waals surface area contributed by atoms with Gasteiger partial charge in [0.25, 0.3) is 0 Å². The van der Waals surface area contributed by atoms with Gasteiger partial charge in [0.1, 0.15) is 0 Å². The molecule has 0 aliphatic heterocycles. The third kappa shape index (κ3) is 5.88. The Morgan fingerprint density at radius 3 is 2.48 bits per heavy atom. The lowest BCUT2D eigenvalue weighted by molar-refractivity contribution is -0.143. The molecule has 21 heavy (non-hydrogen) atoms. The molecule has 1 fully saturated rings. The fourth-order valence-electron chi connectivity index (χ4n) is 2.61. The molecule has 116 valence electrons. The van der Waals surface area contributed by atoms with Gasteiger partial charge in [-0.05, 0) is 43.7 Å². The van der Waals surface area contributed by atoms with E-state index in [1.54, 1.807) is 0 Å². The van der Waals surface area contributed by atoms with Gasteiger partial charge in [0.05, 0.1) is 13.0 Å². The number of hydrogen-bond donors (Lipinski definition) is 1. The van der Waals surface area contributed by atoms with Crippen LogP contribution in [0, 0.1) is 0 Å². The molecule has 0 spiro atoms. The molecule has 1 saturated carbocycles. The van der Waals surface area contributed by atoms with Crippen molar-refractivity contribution < 1.29 is 9.53 Å². The summed E-state index contributed by atoms with van der Waals surface area (Å²) in [7, 11) is 0. The van der Waals surface area contributed by atoms with Gasteiger partial charge in [-0.3, -0.25) is 4.79 Å². The summed E-state index contributed by atoms with van der Waals surface area (Å²) in [5, 5.41) is 3.57. The normalized spacial score (nSPS) is 15.7. The van der Waals surface area contributed by atoms with Crippen molar-refractivity contribution in [1.82, 2.24) is 5.32 Å². The van der Waals surface area contributed by atoms with E-state index in [0.717, 1.165) is 12.8 Å². The zero-order valence-corrected chi connectivity index (χ0v) is 13.2. The van der Waals surface area contributed by atoms with Crippen molar-refractivity contribution in [3.8, 4) is 0 Å². The molecule has 1 aromatic carbocycles. The molecule has 1 unspecified atom stereocenters. The van der Waals surface area contributed by atoms with E-state index in [0.29, 0.717) is 19.1 Å². The smallest absolute Gasteiger partial charge is 0.307 e. The number of carbonyl (C=O) groups excluding carboxylic acids is 1. The van der Waals surface area contributed by atoms with E-state index < -0.39 is 0 Å². The van der Waals surface area contributed by atoms with Crippen molar-refractivity contribution in [3.05, 3.63) is 35.4 Å². The van der Waals surface area contributed by atoms with Crippen molar-refractivity contribution in [1.29, 1.82) is 0 Å². The van der Waals surface area contributed by atoms with Crippen LogP contribution in [-0.4, -0.2) is 24.7 Å². The summed E-state index contributed by atoms with van der Waals surface area (Å²) in [6.07, 6.45) is 6.12. The molecule has 1 aliphatic rings. The Kier molecular flexibility index (Phi) is 6.24. The van der Waals surface area contributed by atoms with Crippen LogP contribution in [0.15, 0.2) is 24.3 Å². The van der Waals surface area contributed by atoms with Crippen LogP contribution in [0.5, 0.6) is 0 Å². The number of benzene rings is 1. The van der Waals surface area contributed by atoms with Crippen molar-refractivity contribution in [2.75, 3.05) is 6.61 Å². The van der Waals surface area contributed by atoms with Gasteiger partial charge >= 0.3 is 5.97 Å². The second-order valence-corrected chi connectivity index (χ2v) is 5.92. The molecule has 1 aromatic rings. The highest BCUT2D eigenvalue weighted by Crippen LogP contribution is 2.21. The first-order valence-corrected chi connectivity index (χ1v) is 8.20. The van der Waals surface area contributed by atoms with Gasteiger partial charge < -0.3 is 10.1 Å². The monoisotopic (exact) mass is 289 g/mol. The number of aryl methyl sites for hydroxylation is 1. The number of hydrogen-bond acceptors (Lipinski definition) is 3. The molecule has 0 amide bonds. The van der Waals surface area contributed by atoms with E-state index in [1.165, 1.54) is 30.4 Å². The lowest BCUT2D eigenvalue weighted by Gasteiger charge is -2.18. The third-order valence-electron chi connectivity index (χ3n) is 3.81. The van der Waals surface area contributed by atoms with Gasteiger partial charge in [-0.1, -0.05) is 37.6 Å². The Morgan fingerprint density at radius 1 is 1.24 bits per heavy atom. The SMILES string of the molecule is CCCc1ccc(CC(CC(=O)OCC)NC2CC2)cc1. The number of carbonyl (C=O) groups is 1. The molecule has 3 heteroatoms. The summed E-state index contributed by atoms with van der Waals surface area (Å²) in [4.78, 5) is 11.7. The summed E-state index contributed by atoms with van der Waals surface area (Å²) >= 11 is 0. The average molecular weight is 289 g/mol. The summed E-state index contributed by atoms with van der Waals surface area (Å²) in [6, 6.07) is 9.59. The molecule has 0 heterocycles. The molecule has 2 rings (SSSR count). The first-order valence-electron chi connectivity index (χ1n) is 8.20. The number of nitrogens with one attached hydrogen (secondary N) is 1. The van der Waals surface area contributed by atoms with Crippen LogP contribution in [0.4, 0.5) is 0 Å². The van der Waals surface area contributed by atoms with E-state index in [9.17, 15) is 4.79 Å². The summed E-state index contributed by atoms with van der Waals surface area (Å²) in [5.41, 5.74) is 2.68. The zero-order chi connectivity index (χ0) is 15.1. The minimum absolute atomic E-state index is 0.0988. The van der Waals surface area contributed by atoms with E-state index >= 15 is 0 Å². The quantitative estimate of drug-likeness (QED) is 0.709. The molecule has 0 saturated heterocycles. The van der Waals surface area contributed by atoms with Gasteiger partial charge in [0.2, 0.25) is 0 Å². The Morgan fingerprint density at radius 2 is 1.90 bits per heavy atom. The van der Waals surface area contributed by atoms with E-state index in [4.69, 9.17) is 4.74 Å². The van der Waals surface area contributed by atoms with Gasteiger partial charge in [0.15, 0.2) is 0 Å². The summed E-state index contributed by atoms with van der Waals surface area (Å²) < 4.78 is 5.08. The van der Waals surface area contributed by atoms with Crippen molar-refractivity contribution >= 4 is 5.97 Å². The van der Waals surface area contributed by atoms with E-state index in [1.807, 2.05) is 6.92 Å². The van der Waals surface area contributed by atoms with Crippen LogP contribution >= 0.6 is 0 Å². The molecular formula is C18H27NO2. The number of ether oxygens (including phenoxy) is 1. The second kappa shape index (κ2) is 8.18. The Balaban J connectivity index is 1.91. The minimum Gasteiger partial charge on any atom is -0.466 e. The van der Waals surface area contributed by atoms with Crippen LogP contribution in [0.3, 0.4) is 0 Å². The Hall–Kier alpha value is -1.35. The van der Waals surface area contributed by atoms with Gasteiger partial charge in [0, 0.05) is 12.1 Å². The third-order valence-corrected chi connectivity index (χ3v) is 3.81. The van der Waals surface area contributed by atoms with Gasteiger partial charge in [-0.15, -0.1) is 0 Å². The highest BCUT2D eigenvalue weighted by Gasteiger charge is 2.26. The van der Waals surface area contributed by atoms with Crippen LogP contribution in [0.2, 0.25) is 0 Å². The van der Waals surface area contributed by atoms with E-state index in [2.05, 4.69) is 36.5 Å². The fraction of sp³-hybridized carbons (Fsp3) is 0.611. The summed E-state index contributed by atoms with van der Waals surface area (Å²) in [6.45, 7) is 4.51. The van der Waals surface area contributed by atoms with Gasteiger partial charge in [-0.2, -0.15) is 0 Å². The second-order valence-electron chi connectivity index (χ2n) is 5.92. The van der Waals surface area contributed by atoms with Crippen molar-refractivity contribution in [3.63, 3.8) is 0 Å². The predicted molar refractivity (Wildman–Crippen MR) is 85.3 cm³/mol. The van der Waals surface area contributed by atoms with Crippen LogP contribution < -0.4 is 5.32 Å². The molecule has 1 atom stereocenters. The van der Waals surface area contributed by atoms with Crippen LogP contribution in [0.25, 0.3) is 0 Å². The Bertz CT molecular complexity index is 437. The topological polar surface area (TPSA) is 38.3 Å².